The van der Waals surface area contributed by atoms with Crippen LogP contribution in [0.25, 0.3) is 0 Å². The highest BCUT2D eigenvalue weighted by atomic mass is 16.5. The summed E-state index contributed by atoms with van der Waals surface area (Å²) in [6, 6.07) is 0. The Morgan fingerprint density at radius 1 is 1.00 bits per heavy atom. The van der Waals surface area contributed by atoms with Gasteiger partial charge in [0.25, 0.3) is 0 Å². The summed E-state index contributed by atoms with van der Waals surface area (Å²) in [6.07, 6.45) is 24.0. The quantitative estimate of drug-likeness (QED) is 0.319. The highest BCUT2D eigenvalue weighted by Gasteiger charge is 2.53. The van der Waals surface area contributed by atoms with Crippen molar-refractivity contribution in [3.8, 4) is 0 Å². The molecule has 5 aliphatic carbocycles. The van der Waals surface area contributed by atoms with E-state index in [1.165, 1.54) is 70.6 Å². The van der Waals surface area contributed by atoms with Crippen LogP contribution in [0, 0.1) is 34.5 Å². The van der Waals surface area contributed by atoms with Gasteiger partial charge in [-0.2, -0.15) is 0 Å². The molecule has 0 heterocycles. The van der Waals surface area contributed by atoms with E-state index < -0.39 is 0 Å². The third-order valence-corrected chi connectivity index (χ3v) is 10.8. The van der Waals surface area contributed by atoms with Crippen LogP contribution in [0.3, 0.4) is 0 Å². The first-order valence-electron chi connectivity index (χ1n) is 14.0. The Balaban J connectivity index is 1.24. The summed E-state index contributed by atoms with van der Waals surface area (Å²) in [5.74, 6) is 2.77. The minimum Gasteiger partial charge on any atom is -0.462 e. The van der Waals surface area contributed by atoms with E-state index in [0.29, 0.717) is 35.0 Å². The van der Waals surface area contributed by atoms with Crippen molar-refractivity contribution in [2.75, 3.05) is 0 Å². The molecule has 0 spiro atoms. The van der Waals surface area contributed by atoms with Crippen molar-refractivity contribution in [3.05, 3.63) is 23.3 Å². The van der Waals surface area contributed by atoms with Gasteiger partial charge in [0.05, 0.1) is 0 Å². The second-order valence-corrected chi connectivity index (χ2v) is 12.6. The Kier molecular flexibility index (Phi) is 6.36. The van der Waals surface area contributed by atoms with Gasteiger partial charge in [-0.3, -0.25) is 4.79 Å². The van der Waals surface area contributed by atoms with Crippen molar-refractivity contribution in [2.24, 2.45) is 34.5 Å². The fourth-order valence-corrected chi connectivity index (χ4v) is 8.80. The summed E-state index contributed by atoms with van der Waals surface area (Å²) in [4.78, 5) is 12.5. The van der Waals surface area contributed by atoms with Crippen LogP contribution in [0.15, 0.2) is 23.3 Å². The van der Waals surface area contributed by atoms with Crippen LogP contribution in [0.4, 0.5) is 0 Å². The summed E-state index contributed by atoms with van der Waals surface area (Å²) >= 11 is 0. The van der Waals surface area contributed by atoms with E-state index in [1.54, 1.807) is 0 Å². The lowest BCUT2D eigenvalue weighted by Gasteiger charge is -2.54. The Morgan fingerprint density at radius 3 is 2.59 bits per heavy atom. The molecule has 0 aromatic carbocycles. The first kappa shape index (κ1) is 22.7. The van der Waals surface area contributed by atoms with Gasteiger partial charge < -0.3 is 4.74 Å². The van der Waals surface area contributed by atoms with Gasteiger partial charge in [-0.25, -0.2) is 0 Å². The number of esters is 1. The average Bonchev–Trinajstić information content (AvgIpc) is 3.15. The smallest absolute Gasteiger partial charge is 0.306 e. The molecule has 32 heavy (non-hydrogen) atoms. The number of allylic oxidation sites excluding steroid dienone is 4. The lowest BCUT2D eigenvalue weighted by atomic mass is 9.50. The molecule has 0 bridgehead atoms. The van der Waals surface area contributed by atoms with Gasteiger partial charge in [-0.15, -0.1) is 0 Å². The fraction of sp³-hybridized carbons (Fsp3) is 0.833. The monoisotopic (exact) mass is 438 g/mol. The van der Waals surface area contributed by atoms with E-state index in [0.717, 1.165) is 25.2 Å². The normalized spacial score (nSPS) is 40.4. The van der Waals surface area contributed by atoms with Crippen LogP contribution >= 0.6 is 0 Å². The van der Waals surface area contributed by atoms with Crippen molar-refractivity contribution in [3.63, 3.8) is 0 Å². The Morgan fingerprint density at radius 2 is 1.78 bits per heavy atom. The zero-order valence-corrected chi connectivity index (χ0v) is 21.0. The Hall–Kier alpha value is -1.05. The molecule has 0 aliphatic heterocycles. The molecule has 0 saturated heterocycles. The van der Waals surface area contributed by atoms with E-state index in [-0.39, 0.29) is 12.1 Å². The number of carbonyl (C=O) groups excluding carboxylic acids is 1. The second-order valence-electron chi connectivity index (χ2n) is 12.6. The molecule has 2 saturated carbocycles. The maximum absolute atomic E-state index is 12.5. The largest absolute Gasteiger partial charge is 0.462 e. The zero-order valence-electron chi connectivity index (χ0n) is 21.0. The molecule has 0 amide bonds. The van der Waals surface area contributed by atoms with Gasteiger partial charge in [0.15, 0.2) is 0 Å². The lowest BCUT2D eigenvalue weighted by molar-refractivity contribution is -0.151. The standard InChI is InChI=1S/C30H46O2/c1-21(12-17-28(31)32-23-10-5-4-6-11-23)25-15-16-26-24-14-13-22-9-7-8-19-29(22,2)27(24)18-20-30(25,26)3/h15-16,21-23,25-26H,4-14,17-20H2,1-3H3/t21-,22?,25-,26-,29+,30-/m1/s1. The van der Waals surface area contributed by atoms with Gasteiger partial charge in [-0.05, 0) is 99.2 Å². The van der Waals surface area contributed by atoms with E-state index >= 15 is 0 Å². The Labute approximate surface area is 196 Å². The molecule has 0 N–H and O–H groups in total. The third kappa shape index (κ3) is 3.92. The maximum atomic E-state index is 12.5. The summed E-state index contributed by atoms with van der Waals surface area (Å²) in [6.45, 7) is 7.57. The molecule has 6 atom stereocenters. The highest BCUT2D eigenvalue weighted by Crippen LogP contribution is 2.64. The van der Waals surface area contributed by atoms with Crippen LogP contribution in [-0.2, 0) is 9.53 Å². The van der Waals surface area contributed by atoms with Crippen molar-refractivity contribution in [1.29, 1.82) is 0 Å². The fourth-order valence-electron chi connectivity index (χ4n) is 8.80. The molecular weight excluding hydrogens is 392 g/mol. The van der Waals surface area contributed by atoms with Gasteiger partial charge in [-0.1, -0.05) is 63.3 Å². The van der Waals surface area contributed by atoms with E-state index in [2.05, 4.69) is 32.9 Å². The molecule has 1 unspecified atom stereocenters. The predicted molar refractivity (Wildman–Crippen MR) is 131 cm³/mol. The van der Waals surface area contributed by atoms with Gasteiger partial charge in [0.2, 0.25) is 0 Å². The van der Waals surface area contributed by atoms with Crippen molar-refractivity contribution in [2.45, 2.75) is 123 Å². The van der Waals surface area contributed by atoms with Gasteiger partial charge in [0, 0.05) is 12.3 Å². The van der Waals surface area contributed by atoms with E-state index in [4.69, 9.17) is 4.74 Å². The van der Waals surface area contributed by atoms with E-state index in [9.17, 15) is 4.79 Å². The molecule has 5 aliphatic rings. The van der Waals surface area contributed by atoms with Gasteiger partial charge in [0.1, 0.15) is 6.10 Å². The van der Waals surface area contributed by atoms with Crippen LogP contribution < -0.4 is 0 Å². The molecule has 0 aromatic rings. The summed E-state index contributed by atoms with van der Waals surface area (Å²) in [5.41, 5.74) is 4.56. The molecule has 0 radical (unpaired) electrons. The van der Waals surface area contributed by atoms with Crippen molar-refractivity contribution < 1.29 is 9.53 Å². The van der Waals surface area contributed by atoms with Crippen LogP contribution in [0.5, 0.6) is 0 Å². The van der Waals surface area contributed by atoms with Crippen LogP contribution in [-0.4, -0.2) is 12.1 Å². The van der Waals surface area contributed by atoms with Crippen molar-refractivity contribution in [1.82, 2.24) is 0 Å². The molecule has 178 valence electrons. The minimum absolute atomic E-state index is 0.0459. The Bertz CT molecular complexity index is 772. The molecule has 2 fully saturated rings. The topological polar surface area (TPSA) is 26.3 Å². The molecule has 2 heteroatoms. The van der Waals surface area contributed by atoms with Gasteiger partial charge >= 0.3 is 5.97 Å². The number of carbonyl (C=O) groups is 1. The number of hydrogen-bond donors (Lipinski definition) is 0. The van der Waals surface area contributed by atoms with Crippen molar-refractivity contribution >= 4 is 5.97 Å². The molecule has 0 aromatic heterocycles. The zero-order chi connectivity index (χ0) is 22.3. The molecule has 5 rings (SSSR count). The number of rotatable bonds is 5. The minimum atomic E-state index is 0.0459. The summed E-state index contributed by atoms with van der Waals surface area (Å²) in [5, 5.41) is 0. The highest BCUT2D eigenvalue weighted by molar-refractivity contribution is 5.69. The lowest BCUT2D eigenvalue weighted by Crippen LogP contribution is -2.44. The first-order chi connectivity index (χ1) is 15.4. The number of fused-ring (bicyclic) bond motifs is 4. The predicted octanol–water partition coefficient (Wildman–Crippen LogP) is 8.17. The second kappa shape index (κ2) is 8.95. The van der Waals surface area contributed by atoms with Crippen LogP contribution in [0.2, 0.25) is 0 Å². The number of ether oxygens (including phenoxy) is 1. The van der Waals surface area contributed by atoms with E-state index in [1.807, 2.05) is 11.1 Å². The average molecular weight is 439 g/mol. The third-order valence-electron chi connectivity index (χ3n) is 10.8. The first-order valence-corrected chi connectivity index (χ1v) is 14.0. The molecule has 2 nitrogen and oxygen atoms in total. The van der Waals surface area contributed by atoms with Crippen LogP contribution in [0.1, 0.15) is 117 Å². The summed E-state index contributed by atoms with van der Waals surface area (Å²) < 4.78 is 5.80. The number of hydrogen-bond acceptors (Lipinski definition) is 2. The molecular formula is C30H46O2. The maximum Gasteiger partial charge on any atom is 0.306 e. The SMILES string of the molecule is C[C@H](CCC(=O)OC1CCCCC1)[C@H]1C=C[C@@H]2C3=C(CC[C@@]21C)[C@@]1(C)CCCCC1CC3. The summed E-state index contributed by atoms with van der Waals surface area (Å²) in [7, 11) is 0.